The third kappa shape index (κ3) is 2.54. The third-order valence-corrected chi connectivity index (χ3v) is 2.70. The summed E-state index contributed by atoms with van der Waals surface area (Å²) >= 11 is 6.04. The fourth-order valence-corrected chi connectivity index (χ4v) is 1.90. The van der Waals surface area contributed by atoms with Crippen molar-refractivity contribution in [2.24, 2.45) is 0 Å². The highest BCUT2D eigenvalue weighted by Crippen LogP contribution is 2.25. The van der Waals surface area contributed by atoms with Gasteiger partial charge in [-0.25, -0.2) is 9.37 Å². The Hall–Kier alpha value is -1.81. The van der Waals surface area contributed by atoms with E-state index in [0.29, 0.717) is 23.2 Å². The molecule has 1 N–H and O–H groups in total. The lowest BCUT2D eigenvalue weighted by Gasteiger charge is -2.10. The molecule has 2 aromatic rings. The zero-order chi connectivity index (χ0) is 13.1. The average molecular weight is 266 g/mol. The van der Waals surface area contributed by atoms with Gasteiger partial charge in [-0.05, 0) is 25.1 Å². The van der Waals surface area contributed by atoms with Gasteiger partial charge in [0.25, 0.3) is 0 Å². The molecule has 94 valence electrons. The van der Waals surface area contributed by atoms with Gasteiger partial charge in [0.1, 0.15) is 5.82 Å². The van der Waals surface area contributed by atoms with Crippen LogP contribution < -0.4 is 5.32 Å². The number of imidazole rings is 1. The van der Waals surface area contributed by atoms with Gasteiger partial charge < -0.3 is 5.32 Å². The molecule has 0 radical (unpaired) electrons. The first-order valence-corrected chi connectivity index (χ1v) is 5.86. The zero-order valence-electron chi connectivity index (χ0n) is 9.95. The summed E-state index contributed by atoms with van der Waals surface area (Å²) in [5.41, 5.74) is 1.53. The quantitative estimate of drug-likeness (QED) is 0.857. The van der Waals surface area contributed by atoms with Crippen LogP contribution in [0.1, 0.15) is 5.69 Å². The van der Waals surface area contributed by atoms with Crippen LogP contribution in [-0.4, -0.2) is 16.1 Å². The number of benzene rings is 1. The van der Waals surface area contributed by atoms with Crippen molar-refractivity contribution >= 4 is 17.5 Å². The van der Waals surface area contributed by atoms with Crippen molar-refractivity contribution in [1.29, 1.82) is 0 Å². The number of aryl methyl sites for hydroxylation is 1. The van der Waals surface area contributed by atoms with Crippen LogP contribution in [0.4, 0.5) is 10.3 Å². The Labute approximate surface area is 110 Å². The Kier molecular flexibility index (Phi) is 3.67. The van der Waals surface area contributed by atoms with Gasteiger partial charge in [-0.2, -0.15) is 0 Å². The van der Waals surface area contributed by atoms with Crippen LogP contribution in [0.5, 0.6) is 0 Å². The maximum atomic E-state index is 13.0. The molecule has 0 aliphatic carbocycles. The van der Waals surface area contributed by atoms with E-state index in [9.17, 15) is 4.39 Å². The molecule has 0 atom stereocenters. The van der Waals surface area contributed by atoms with Gasteiger partial charge in [0.2, 0.25) is 5.95 Å². The summed E-state index contributed by atoms with van der Waals surface area (Å²) < 4.78 is 14.8. The van der Waals surface area contributed by atoms with E-state index in [0.717, 1.165) is 5.69 Å². The van der Waals surface area contributed by atoms with Crippen molar-refractivity contribution in [3.63, 3.8) is 0 Å². The van der Waals surface area contributed by atoms with E-state index in [1.54, 1.807) is 16.7 Å². The summed E-state index contributed by atoms with van der Waals surface area (Å²) in [5.74, 6) is 0.294. The fourth-order valence-electron chi connectivity index (χ4n) is 1.65. The monoisotopic (exact) mass is 265 g/mol. The Balaban J connectivity index is 2.45. The molecule has 5 heteroatoms. The number of hydrogen-bond donors (Lipinski definition) is 1. The first-order chi connectivity index (χ1) is 8.61. The minimum atomic E-state index is -0.360. The maximum absolute atomic E-state index is 13.0. The molecule has 0 aliphatic rings. The highest BCUT2D eigenvalue weighted by atomic mass is 35.5. The Morgan fingerprint density at radius 2 is 2.33 bits per heavy atom. The second kappa shape index (κ2) is 5.23. The van der Waals surface area contributed by atoms with E-state index in [4.69, 9.17) is 11.6 Å². The molecule has 0 aliphatic heterocycles. The summed E-state index contributed by atoms with van der Waals surface area (Å²) in [6, 6.07) is 4.27. The number of nitrogens with one attached hydrogen (secondary N) is 1. The molecule has 0 spiro atoms. The standard InChI is InChI=1S/C13H13ClFN3/c1-3-6-16-13-17-9(2)8-18(13)12-5-4-10(15)7-11(12)14/h3-5,7-8H,1,6H2,2H3,(H,16,17). The Bertz CT molecular complexity index is 578. The van der Waals surface area contributed by atoms with Crippen molar-refractivity contribution in [1.82, 2.24) is 9.55 Å². The number of halogens is 2. The van der Waals surface area contributed by atoms with Gasteiger partial charge in [0.15, 0.2) is 0 Å². The lowest BCUT2D eigenvalue weighted by molar-refractivity contribution is 0.627. The number of hydrogen-bond acceptors (Lipinski definition) is 2. The molecule has 18 heavy (non-hydrogen) atoms. The summed E-state index contributed by atoms with van der Waals surface area (Å²) in [7, 11) is 0. The second-order valence-electron chi connectivity index (χ2n) is 3.84. The van der Waals surface area contributed by atoms with Crippen LogP contribution in [0.25, 0.3) is 5.69 Å². The normalized spacial score (nSPS) is 10.4. The molecule has 3 nitrogen and oxygen atoms in total. The number of rotatable bonds is 4. The molecule has 0 unspecified atom stereocenters. The Morgan fingerprint density at radius 3 is 3.00 bits per heavy atom. The highest BCUT2D eigenvalue weighted by Gasteiger charge is 2.10. The lowest BCUT2D eigenvalue weighted by Crippen LogP contribution is -2.06. The molecule has 1 aromatic heterocycles. The minimum absolute atomic E-state index is 0.342. The highest BCUT2D eigenvalue weighted by molar-refractivity contribution is 6.32. The average Bonchev–Trinajstić information content (AvgIpc) is 2.67. The van der Waals surface area contributed by atoms with E-state index >= 15 is 0 Å². The van der Waals surface area contributed by atoms with Crippen molar-refractivity contribution < 1.29 is 4.39 Å². The number of nitrogens with zero attached hydrogens (tertiary/aromatic N) is 2. The Morgan fingerprint density at radius 1 is 1.56 bits per heavy atom. The minimum Gasteiger partial charge on any atom is -0.352 e. The van der Waals surface area contributed by atoms with E-state index in [-0.39, 0.29) is 5.82 Å². The molecular weight excluding hydrogens is 253 g/mol. The summed E-state index contributed by atoms with van der Waals surface area (Å²) in [6.07, 6.45) is 3.57. The predicted molar refractivity (Wildman–Crippen MR) is 72.0 cm³/mol. The fraction of sp³-hybridized carbons (Fsp3) is 0.154. The largest absolute Gasteiger partial charge is 0.352 e. The van der Waals surface area contributed by atoms with E-state index in [1.165, 1.54) is 12.1 Å². The maximum Gasteiger partial charge on any atom is 0.208 e. The van der Waals surface area contributed by atoms with Crippen LogP contribution >= 0.6 is 11.6 Å². The molecule has 1 aromatic carbocycles. The molecule has 0 bridgehead atoms. The van der Waals surface area contributed by atoms with Crippen molar-refractivity contribution in [3.8, 4) is 5.69 Å². The molecule has 0 saturated heterocycles. The summed E-state index contributed by atoms with van der Waals surface area (Å²) in [4.78, 5) is 4.34. The van der Waals surface area contributed by atoms with Gasteiger partial charge in [0.05, 0.1) is 16.4 Å². The van der Waals surface area contributed by atoms with Gasteiger partial charge in [-0.3, -0.25) is 4.57 Å². The number of aromatic nitrogens is 2. The van der Waals surface area contributed by atoms with Crippen LogP contribution in [0, 0.1) is 12.7 Å². The van der Waals surface area contributed by atoms with Crippen molar-refractivity contribution in [2.75, 3.05) is 11.9 Å². The first-order valence-electron chi connectivity index (χ1n) is 5.48. The van der Waals surface area contributed by atoms with Gasteiger partial charge in [-0.15, -0.1) is 6.58 Å². The van der Waals surface area contributed by atoms with E-state index < -0.39 is 0 Å². The van der Waals surface area contributed by atoms with E-state index in [2.05, 4.69) is 16.9 Å². The van der Waals surface area contributed by atoms with Gasteiger partial charge in [0, 0.05) is 12.7 Å². The smallest absolute Gasteiger partial charge is 0.208 e. The van der Waals surface area contributed by atoms with Crippen LogP contribution in [-0.2, 0) is 0 Å². The van der Waals surface area contributed by atoms with E-state index in [1.807, 2.05) is 13.1 Å². The van der Waals surface area contributed by atoms with Gasteiger partial charge >= 0.3 is 0 Å². The first kappa shape index (κ1) is 12.6. The molecule has 0 fully saturated rings. The second-order valence-corrected chi connectivity index (χ2v) is 4.25. The molecule has 0 saturated carbocycles. The summed E-state index contributed by atoms with van der Waals surface area (Å²) in [6.45, 7) is 6.11. The topological polar surface area (TPSA) is 29.9 Å². The lowest BCUT2D eigenvalue weighted by atomic mass is 10.3. The SMILES string of the molecule is C=CCNc1nc(C)cn1-c1ccc(F)cc1Cl. The molecule has 1 heterocycles. The van der Waals surface area contributed by atoms with Crippen molar-refractivity contribution in [3.05, 3.63) is 53.6 Å². The van der Waals surface area contributed by atoms with Gasteiger partial charge in [-0.1, -0.05) is 17.7 Å². The number of anilines is 1. The van der Waals surface area contributed by atoms with Crippen LogP contribution in [0.3, 0.4) is 0 Å². The van der Waals surface area contributed by atoms with Crippen molar-refractivity contribution in [2.45, 2.75) is 6.92 Å². The molecule has 2 rings (SSSR count). The summed E-state index contributed by atoms with van der Waals surface area (Å²) in [5, 5.41) is 3.45. The zero-order valence-corrected chi connectivity index (χ0v) is 10.7. The van der Waals surface area contributed by atoms with Crippen LogP contribution in [0.15, 0.2) is 37.1 Å². The molecule has 0 amide bonds. The third-order valence-electron chi connectivity index (χ3n) is 2.40. The predicted octanol–water partition coefficient (Wildman–Crippen LogP) is 3.57. The van der Waals surface area contributed by atoms with Crippen LogP contribution in [0.2, 0.25) is 5.02 Å². The molecular formula is C13H13ClFN3.